The normalized spacial score (nSPS) is 19.9. The standard InChI is InChI=1S/C28H20F3N3O5S3/c1-39-17-9-7-15(8-10-17)32-19(35)13-33-26-23(42-27(33)38)20(18-6-3-11-40-18)21-22(41-26)25(37)34(24(21)36)16-5-2-4-14(12-16)28(29,30)31/h2-12,20-22H,13H2,1H3,(H,32,35)/t20-,21?,22?/m0/s1. The van der Waals surface area contributed by atoms with Gasteiger partial charge < -0.3 is 10.1 Å². The van der Waals surface area contributed by atoms with Crippen LogP contribution in [0.4, 0.5) is 24.5 Å². The first-order valence-electron chi connectivity index (χ1n) is 12.5. The SMILES string of the molecule is COc1ccc(NC(=O)Cn2c3c(sc2=O)[C@@H](c2cccs2)C2C(=O)N(c4cccc(C(F)(F)F)c4)C(=O)C2S3)cc1. The Morgan fingerprint density at radius 1 is 1.02 bits per heavy atom. The van der Waals surface area contributed by atoms with Crippen LogP contribution in [0.25, 0.3) is 0 Å². The van der Waals surface area contributed by atoms with Crippen LogP contribution in [0.5, 0.6) is 5.75 Å². The van der Waals surface area contributed by atoms with Gasteiger partial charge >= 0.3 is 11.0 Å². The fourth-order valence-electron chi connectivity index (χ4n) is 5.12. The van der Waals surface area contributed by atoms with Crippen LogP contribution in [-0.2, 0) is 27.1 Å². The fraction of sp³-hybridized carbons (Fsp3) is 0.214. The molecule has 3 amide bonds. The Labute approximate surface area is 248 Å². The van der Waals surface area contributed by atoms with Gasteiger partial charge in [0.25, 0.3) is 0 Å². The zero-order chi connectivity index (χ0) is 29.8. The number of anilines is 2. The van der Waals surface area contributed by atoms with Gasteiger partial charge in [-0.2, -0.15) is 13.2 Å². The molecule has 1 saturated heterocycles. The Morgan fingerprint density at radius 3 is 2.45 bits per heavy atom. The second-order valence-electron chi connectivity index (χ2n) is 9.52. The highest BCUT2D eigenvalue weighted by molar-refractivity contribution is 8.00. The number of carbonyl (C=O) groups is 3. The first-order chi connectivity index (χ1) is 20.1. The Hall–Kier alpha value is -3.88. The van der Waals surface area contributed by atoms with Crippen LogP contribution in [0.3, 0.4) is 0 Å². The lowest BCUT2D eigenvalue weighted by Crippen LogP contribution is -2.32. The number of hydrogen-bond donors (Lipinski definition) is 1. The summed E-state index contributed by atoms with van der Waals surface area (Å²) in [5, 5.41) is 3.93. The van der Waals surface area contributed by atoms with Crippen molar-refractivity contribution in [1.82, 2.24) is 4.57 Å². The average Bonchev–Trinajstić information content (AvgIpc) is 3.66. The van der Waals surface area contributed by atoms with Crippen molar-refractivity contribution in [2.24, 2.45) is 5.92 Å². The van der Waals surface area contributed by atoms with Crippen molar-refractivity contribution < 1.29 is 32.3 Å². The second-order valence-corrected chi connectivity index (χ2v) is 12.6. The number of amides is 3. The summed E-state index contributed by atoms with van der Waals surface area (Å²) < 4.78 is 46.7. The number of ether oxygens (including phenoxy) is 1. The van der Waals surface area contributed by atoms with Crippen molar-refractivity contribution in [3.8, 4) is 5.75 Å². The van der Waals surface area contributed by atoms with E-state index in [1.165, 1.54) is 29.1 Å². The maximum absolute atomic E-state index is 13.8. The molecule has 2 aliphatic rings. The summed E-state index contributed by atoms with van der Waals surface area (Å²) in [6.07, 6.45) is -4.66. The zero-order valence-electron chi connectivity index (χ0n) is 21.6. The summed E-state index contributed by atoms with van der Waals surface area (Å²) in [4.78, 5) is 55.3. The molecule has 4 aromatic rings. The van der Waals surface area contributed by atoms with Gasteiger partial charge in [0.1, 0.15) is 17.5 Å². The van der Waals surface area contributed by atoms with Crippen LogP contribution in [0, 0.1) is 5.92 Å². The number of thioether (sulfide) groups is 1. The summed E-state index contributed by atoms with van der Waals surface area (Å²) in [5.74, 6) is -2.79. The number of fused-ring (bicyclic) bond motifs is 2. The molecule has 42 heavy (non-hydrogen) atoms. The van der Waals surface area contributed by atoms with E-state index in [1.807, 2.05) is 0 Å². The summed E-state index contributed by atoms with van der Waals surface area (Å²) in [6, 6.07) is 14.3. The molecule has 0 radical (unpaired) electrons. The molecular formula is C28H20F3N3O5S3. The maximum Gasteiger partial charge on any atom is 0.416 e. The van der Waals surface area contributed by atoms with Crippen LogP contribution in [-0.4, -0.2) is 34.6 Å². The smallest absolute Gasteiger partial charge is 0.416 e. The third-order valence-corrected chi connectivity index (χ3v) is 10.6. The van der Waals surface area contributed by atoms with E-state index in [4.69, 9.17) is 4.74 Å². The van der Waals surface area contributed by atoms with Gasteiger partial charge in [-0.3, -0.25) is 23.7 Å². The number of halogens is 3. The van der Waals surface area contributed by atoms with E-state index < -0.39 is 51.4 Å². The molecule has 1 fully saturated rings. The Kier molecular flexibility index (Phi) is 7.23. The highest BCUT2D eigenvalue weighted by Gasteiger charge is 2.57. The van der Waals surface area contributed by atoms with Crippen molar-refractivity contribution in [3.63, 3.8) is 0 Å². The lowest BCUT2D eigenvalue weighted by molar-refractivity contribution is -0.137. The molecule has 0 bridgehead atoms. The van der Waals surface area contributed by atoms with Crippen LogP contribution in [0.2, 0.25) is 0 Å². The molecule has 2 aromatic carbocycles. The van der Waals surface area contributed by atoms with Crippen LogP contribution < -0.4 is 19.8 Å². The van der Waals surface area contributed by atoms with Gasteiger partial charge in [0.15, 0.2) is 0 Å². The van der Waals surface area contributed by atoms with E-state index in [0.29, 0.717) is 21.3 Å². The molecule has 216 valence electrons. The van der Waals surface area contributed by atoms with E-state index in [1.54, 1.807) is 41.8 Å². The zero-order valence-corrected chi connectivity index (χ0v) is 24.0. The number of nitrogens with one attached hydrogen (secondary N) is 1. The van der Waals surface area contributed by atoms with Gasteiger partial charge in [-0.25, -0.2) is 4.90 Å². The number of hydrogen-bond acceptors (Lipinski definition) is 8. The summed E-state index contributed by atoms with van der Waals surface area (Å²) in [7, 11) is 1.52. The number of nitrogens with zero attached hydrogens (tertiary/aromatic N) is 2. The van der Waals surface area contributed by atoms with Crippen LogP contribution in [0.1, 0.15) is 21.2 Å². The number of imide groups is 1. The molecule has 2 aliphatic heterocycles. The molecule has 14 heteroatoms. The summed E-state index contributed by atoms with van der Waals surface area (Å²) in [6.45, 7) is -0.336. The minimum Gasteiger partial charge on any atom is -0.497 e. The van der Waals surface area contributed by atoms with E-state index >= 15 is 0 Å². The minimum absolute atomic E-state index is 0.167. The molecule has 0 aliphatic carbocycles. The molecule has 6 rings (SSSR count). The van der Waals surface area contributed by atoms with Crippen LogP contribution in [0.15, 0.2) is 75.9 Å². The van der Waals surface area contributed by atoms with Crippen molar-refractivity contribution in [1.29, 1.82) is 0 Å². The largest absolute Gasteiger partial charge is 0.497 e. The Balaban J connectivity index is 1.36. The van der Waals surface area contributed by atoms with E-state index in [-0.39, 0.29) is 12.2 Å². The Morgan fingerprint density at radius 2 is 1.79 bits per heavy atom. The predicted molar refractivity (Wildman–Crippen MR) is 153 cm³/mol. The predicted octanol–water partition coefficient (Wildman–Crippen LogP) is 5.43. The lowest BCUT2D eigenvalue weighted by atomic mass is 9.87. The molecule has 1 N–H and O–H groups in total. The van der Waals surface area contributed by atoms with Gasteiger partial charge in [0.05, 0.1) is 29.3 Å². The average molecular weight is 632 g/mol. The number of thiazole rings is 1. The number of benzene rings is 2. The first kappa shape index (κ1) is 28.2. The number of alkyl halides is 3. The third kappa shape index (κ3) is 4.92. The molecule has 4 heterocycles. The highest BCUT2D eigenvalue weighted by atomic mass is 32.2. The Bertz CT molecular complexity index is 1750. The molecule has 0 saturated carbocycles. The second kappa shape index (κ2) is 10.7. The van der Waals surface area contributed by atoms with Gasteiger partial charge in [-0.15, -0.1) is 11.3 Å². The van der Waals surface area contributed by atoms with Gasteiger partial charge in [0.2, 0.25) is 17.7 Å². The van der Waals surface area contributed by atoms with Crippen LogP contribution >= 0.6 is 34.4 Å². The third-order valence-electron chi connectivity index (χ3n) is 7.01. The first-order valence-corrected chi connectivity index (χ1v) is 15.1. The molecule has 2 aromatic heterocycles. The van der Waals surface area contributed by atoms with Crippen molar-refractivity contribution >= 4 is 63.5 Å². The van der Waals surface area contributed by atoms with Crippen molar-refractivity contribution in [2.75, 3.05) is 17.3 Å². The van der Waals surface area contributed by atoms with Crippen molar-refractivity contribution in [3.05, 3.63) is 91.0 Å². The van der Waals surface area contributed by atoms with E-state index in [2.05, 4.69) is 5.32 Å². The molecule has 8 nitrogen and oxygen atoms in total. The van der Waals surface area contributed by atoms with Crippen molar-refractivity contribution in [2.45, 2.75) is 28.9 Å². The summed E-state index contributed by atoms with van der Waals surface area (Å²) in [5.41, 5.74) is -0.649. The monoisotopic (exact) mass is 631 g/mol. The quantitative estimate of drug-likeness (QED) is 0.285. The molecular weight excluding hydrogens is 612 g/mol. The maximum atomic E-state index is 13.8. The van der Waals surface area contributed by atoms with E-state index in [0.717, 1.165) is 51.1 Å². The topological polar surface area (TPSA) is 97.7 Å². The number of carbonyl (C=O) groups excluding carboxylic acids is 3. The molecule has 2 unspecified atom stereocenters. The highest BCUT2D eigenvalue weighted by Crippen LogP contribution is 2.54. The number of methoxy groups -OCH3 is 1. The number of thiophene rings is 1. The van der Waals surface area contributed by atoms with Gasteiger partial charge in [-0.05, 0) is 53.9 Å². The van der Waals surface area contributed by atoms with Gasteiger partial charge in [-0.1, -0.05) is 35.2 Å². The van der Waals surface area contributed by atoms with E-state index in [9.17, 15) is 32.3 Å². The number of aromatic nitrogens is 1. The minimum atomic E-state index is -4.66. The van der Waals surface area contributed by atoms with Gasteiger partial charge in [0, 0.05) is 21.4 Å². The fourth-order valence-corrected chi connectivity index (χ4v) is 8.85. The molecule has 3 atom stereocenters. The molecule has 0 spiro atoms. The summed E-state index contributed by atoms with van der Waals surface area (Å²) >= 11 is 3.24. The lowest BCUT2D eigenvalue weighted by Gasteiger charge is -2.29. The number of rotatable bonds is 6.